The predicted octanol–water partition coefficient (Wildman–Crippen LogP) is 0.662. The van der Waals surface area contributed by atoms with Crippen molar-refractivity contribution in [1.29, 1.82) is 0 Å². The topological polar surface area (TPSA) is 46.2 Å². The fourth-order valence-electron chi connectivity index (χ4n) is 1.48. The van der Waals surface area contributed by atoms with E-state index in [1.165, 1.54) is 0 Å². The van der Waals surface area contributed by atoms with Crippen molar-refractivity contribution in [3.63, 3.8) is 0 Å². The highest BCUT2D eigenvalue weighted by Crippen LogP contribution is 2.25. The minimum atomic E-state index is 0.0405. The number of rotatable bonds is 1. The van der Waals surface area contributed by atoms with Crippen LogP contribution in [-0.2, 0) is 0 Å². The Hall–Kier alpha value is -0.340. The Morgan fingerprint density at radius 3 is 2.90 bits per heavy atom. The molecule has 0 amide bonds. The summed E-state index contributed by atoms with van der Waals surface area (Å²) >= 11 is 0. The second kappa shape index (κ2) is 3.17. The Kier molecular flexibility index (Phi) is 2.46. The zero-order chi connectivity index (χ0) is 7.56. The van der Waals surface area contributed by atoms with Crippen molar-refractivity contribution >= 4 is 0 Å². The van der Waals surface area contributed by atoms with E-state index in [0.29, 0.717) is 0 Å². The van der Waals surface area contributed by atoms with Crippen LogP contribution in [0.25, 0.3) is 0 Å². The molecule has 2 heteroatoms. The SMILES string of the molecule is C=C1CCCC(CO)[C@@H]1N. The van der Waals surface area contributed by atoms with Crippen LogP contribution in [0, 0.1) is 5.92 Å². The standard InChI is InChI=1S/C8H15NO/c1-6-3-2-4-7(5-10)8(6)9/h7-8,10H,1-5,9H2/t7?,8-/m1/s1. The van der Waals surface area contributed by atoms with Gasteiger partial charge in [0.2, 0.25) is 0 Å². The van der Waals surface area contributed by atoms with Gasteiger partial charge in [-0.3, -0.25) is 0 Å². The van der Waals surface area contributed by atoms with E-state index in [0.717, 1.165) is 24.8 Å². The van der Waals surface area contributed by atoms with E-state index in [2.05, 4.69) is 6.58 Å². The lowest BCUT2D eigenvalue weighted by Gasteiger charge is -2.28. The lowest BCUT2D eigenvalue weighted by atomic mass is 9.83. The van der Waals surface area contributed by atoms with Gasteiger partial charge < -0.3 is 10.8 Å². The zero-order valence-electron chi connectivity index (χ0n) is 6.21. The number of aliphatic hydroxyl groups excluding tert-OH is 1. The van der Waals surface area contributed by atoms with Gasteiger partial charge in [0, 0.05) is 18.6 Å². The summed E-state index contributed by atoms with van der Waals surface area (Å²) in [4.78, 5) is 0. The fourth-order valence-corrected chi connectivity index (χ4v) is 1.48. The average molecular weight is 141 g/mol. The summed E-state index contributed by atoms with van der Waals surface area (Å²) in [6.07, 6.45) is 3.23. The third kappa shape index (κ3) is 1.39. The molecule has 1 rings (SSSR count). The first-order chi connectivity index (χ1) is 4.75. The molecule has 1 unspecified atom stereocenters. The molecule has 0 spiro atoms. The van der Waals surface area contributed by atoms with Gasteiger partial charge in [-0.05, 0) is 19.3 Å². The van der Waals surface area contributed by atoms with Crippen molar-refractivity contribution in [2.45, 2.75) is 25.3 Å². The summed E-state index contributed by atoms with van der Waals surface area (Å²) in [7, 11) is 0. The number of hydrogen-bond acceptors (Lipinski definition) is 2. The van der Waals surface area contributed by atoms with Gasteiger partial charge in [0.25, 0.3) is 0 Å². The smallest absolute Gasteiger partial charge is 0.0477 e. The van der Waals surface area contributed by atoms with Crippen LogP contribution in [0.3, 0.4) is 0 Å². The van der Waals surface area contributed by atoms with Crippen molar-refractivity contribution in [2.75, 3.05) is 6.61 Å². The molecule has 1 aliphatic rings. The van der Waals surface area contributed by atoms with E-state index in [1.54, 1.807) is 0 Å². The largest absolute Gasteiger partial charge is 0.396 e. The van der Waals surface area contributed by atoms with E-state index < -0.39 is 0 Å². The van der Waals surface area contributed by atoms with E-state index in [-0.39, 0.29) is 18.6 Å². The highest BCUT2D eigenvalue weighted by molar-refractivity contribution is 5.09. The molecular formula is C8H15NO. The van der Waals surface area contributed by atoms with Gasteiger partial charge >= 0.3 is 0 Å². The Labute approximate surface area is 61.7 Å². The van der Waals surface area contributed by atoms with Crippen LogP contribution in [0.4, 0.5) is 0 Å². The molecule has 10 heavy (non-hydrogen) atoms. The van der Waals surface area contributed by atoms with Crippen molar-refractivity contribution in [3.05, 3.63) is 12.2 Å². The number of hydrogen-bond donors (Lipinski definition) is 2. The van der Waals surface area contributed by atoms with Crippen LogP contribution >= 0.6 is 0 Å². The summed E-state index contributed by atoms with van der Waals surface area (Å²) in [5.41, 5.74) is 6.88. The number of nitrogens with two attached hydrogens (primary N) is 1. The first kappa shape index (κ1) is 7.76. The van der Waals surface area contributed by atoms with Crippen LogP contribution < -0.4 is 5.73 Å². The van der Waals surface area contributed by atoms with Crippen LogP contribution in [0.5, 0.6) is 0 Å². The van der Waals surface area contributed by atoms with Crippen molar-refractivity contribution in [1.82, 2.24) is 0 Å². The maximum Gasteiger partial charge on any atom is 0.0477 e. The van der Waals surface area contributed by atoms with Gasteiger partial charge in [0.15, 0.2) is 0 Å². The molecule has 2 nitrogen and oxygen atoms in total. The predicted molar refractivity (Wildman–Crippen MR) is 41.5 cm³/mol. The highest BCUT2D eigenvalue weighted by atomic mass is 16.3. The molecule has 1 saturated carbocycles. The Morgan fingerprint density at radius 1 is 1.70 bits per heavy atom. The van der Waals surface area contributed by atoms with Crippen molar-refractivity contribution < 1.29 is 5.11 Å². The lowest BCUT2D eigenvalue weighted by molar-refractivity contribution is 0.191. The summed E-state index contributed by atoms with van der Waals surface area (Å²) in [5.74, 6) is 0.265. The number of aliphatic hydroxyl groups is 1. The van der Waals surface area contributed by atoms with Crippen LogP contribution in [-0.4, -0.2) is 17.8 Å². The molecule has 0 aliphatic heterocycles. The monoisotopic (exact) mass is 141 g/mol. The van der Waals surface area contributed by atoms with Gasteiger partial charge in [-0.15, -0.1) is 0 Å². The lowest BCUT2D eigenvalue weighted by Crippen LogP contribution is -2.36. The zero-order valence-corrected chi connectivity index (χ0v) is 6.21. The van der Waals surface area contributed by atoms with Crippen LogP contribution in [0.15, 0.2) is 12.2 Å². The van der Waals surface area contributed by atoms with E-state index in [1.807, 2.05) is 0 Å². The molecule has 1 aliphatic carbocycles. The quantitative estimate of drug-likeness (QED) is 0.527. The van der Waals surface area contributed by atoms with Gasteiger partial charge in [-0.25, -0.2) is 0 Å². The molecule has 0 aromatic heterocycles. The molecule has 0 heterocycles. The normalized spacial score (nSPS) is 34.4. The van der Waals surface area contributed by atoms with Gasteiger partial charge in [-0.2, -0.15) is 0 Å². The van der Waals surface area contributed by atoms with Crippen molar-refractivity contribution in [2.24, 2.45) is 11.7 Å². The molecule has 2 atom stereocenters. The molecule has 0 bridgehead atoms. The van der Waals surface area contributed by atoms with Gasteiger partial charge in [0.05, 0.1) is 0 Å². The fraction of sp³-hybridized carbons (Fsp3) is 0.750. The Bertz CT molecular complexity index is 133. The minimum absolute atomic E-state index is 0.0405. The molecule has 0 aromatic rings. The van der Waals surface area contributed by atoms with E-state index in [9.17, 15) is 0 Å². The molecule has 58 valence electrons. The second-order valence-electron chi connectivity index (χ2n) is 3.02. The molecule has 0 radical (unpaired) electrons. The van der Waals surface area contributed by atoms with Gasteiger partial charge in [-0.1, -0.05) is 12.2 Å². The maximum absolute atomic E-state index is 8.86. The molecular weight excluding hydrogens is 126 g/mol. The summed E-state index contributed by atoms with van der Waals surface area (Å²) in [5, 5.41) is 8.86. The van der Waals surface area contributed by atoms with Gasteiger partial charge in [0.1, 0.15) is 0 Å². The minimum Gasteiger partial charge on any atom is -0.396 e. The Morgan fingerprint density at radius 2 is 2.40 bits per heavy atom. The highest BCUT2D eigenvalue weighted by Gasteiger charge is 2.23. The molecule has 1 fully saturated rings. The van der Waals surface area contributed by atoms with E-state index in [4.69, 9.17) is 10.8 Å². The second-order valence-corrected chi connectivity index (χ2v) is 3.02. The average Bonchev–Trinajstić information content (AvgIpc) is 1.95. The molecule has 0 aromatic carbocycles. The molecule has 0 saturated heterocycles. The maximum atomic E-state index is 8.86. The van der Waals surface area contributed by atoms with Crippen LogP contribution in [0.2, 0.25) is 0 Å². The first-order valence-electron chi connectivity index (χ1n) is 3.80. The third-order valence-corrected chi connectivity index (χ3v) is 2.29. The summed E-state index contributed by atoms with van der Waals surface area (Å²) in [6.45, 7) is 4.07. The summed E-state index contributed by atoms with van der Waals surface area (Å²) in [6, 6.07) is 0.0405. The van der Waals surface area contributed by atoms with Crippen molar-refractivity contribution in [3.8, 4) is 0 Å². The first-order valence-corrected chi connectivity index (χ1v) is 3.80. The van der Waals surface area contributed by atoms with E-state index >= 15 is 0 Å². The summed E-state index contributed by atoms with van der Waals surface area (Å²) < 4.78 is 0. The van der Waals surface area contributed by atoms with Crippen LogP contribution in [0.1, 0.15) is 19.3 Å². The Balaban J connectivity index is 2.51. The third-order valence-electron chi connectivity index (χ3n) is 2.29. The molecule has 3 N–H and O–H groups in total.